The van der Waals surface area contributed by atoms with E-state index in [0.717, 1.165) is 47.3 Å². The van der Waals surface area contributed by atoms with Gasteiger partial charge in [-0.1, -0.05) is 11.6 Å². The summed E-state index contributed by atoms with van der Waals surface area (Å²) < 4.78 is 0. The Morgan fingerprint density at radius 2 is 2.09 bits per heavy atom. The van der Waals surface area contributed by atoms with Crippen LogP contribution in [0.25, 0.3) is 10.9 Å². The normalized spacial score (nSPS) is 24.6. The lowest BCUT2D eigenvalue weighted by Crippen LogP contribution is -2.55. The summed E-state index contributed by atoms with van der Waals surface area (Å²) in [6.07, 6.45) is 5.72. The lowest BCUT2D eigenvalue weighted by Gasteiger charge is -2.48. The van der Waals surface area contributed by atoms with Gasteiger partial charge in [-0.15, -0.1) is 11.3 Å². The lowest BCUT2D eigenvalue weighted by molar-refractivity contribution is -0.123. The molecule has 180 valence electrons. The average molecular weight is 482 g/mol. The van der Waals surface area contributed by atoms with Crippen molar-refractivity contribution in [1.29, 1.82) is 0 Å². The number of aryl methyl sites for hydroxylation is 1. The first-order valence-corrected chi connectivity index (χ1v) is 12.8. The zero-order valence-corrected chi connectivity index (χ0v) is 20.2. The molecule has 34 heavy (non-hydrogen) atoms. The molecule has 3 heterocycles. The standard InChI is InChI=1S/C25H31N5O3S/c1-16-2-3-21-20(8-16)24(29-14-28-21)27-10-19(31)9-17-12-30(13-17)18-4-6-25(33,7-5-18)23(32)22-11-26-15-34-22/h2-3,8,11,14-15,17-18,23,32-33H,4-7,9-10,12-13H2,1H3,(H,27,28,29). The van der Waals surface area contributed by atoms with Crippen LogP contribution in [0.1, 0.15) is 48.6 Å². The average Bonchev–Trinajstić information content (AvgIpc) is 3.35. The molecule has 1 atom stereocenters. The van der Waals surface area contributed by atoms with Gasteiger partial charge >= 0.3 is 0 Å². The number of thiazole rings is 1. The summed E-state index contributed by atoms with van der Waals surface area (Å²) in [5.41, 5.74) is 2.61. The van der Waals surface area contributed by atoms with E-state index in [-0.39, 0.29) is 12.3 Å². The smallest absolute Gasteiger partial charge is 0.152 e. The molecule has 1 unspecified atom stereocenters. The molecular formula is C25H31N5O3S. The first kappa shape index (κ1) is 23.3. The first-order chi connectivity index (χ1) is 16.4. The van der Waals surface area contributed by atoms with Gasteiger partial charge in [0.1, 0.15) is 18.2 Å². The minimum absolute atomic E-state index is 0.190. The molecule has 0 radical (unpaired) electrons. The molecular weight excluding hydrogens is 450 g/mol. The van der Waals surface area contributed by atoms with Crippen molar-refractivity contribution < 1.29 is 15.0 Å². The molecule has 0 bridgehead atoms. The van der Waals surface area contributed by atoms with Crippen molar-refractivity contribution in [2.75, 3.05) is 25.0 Å². The molecule has 8 nitrogen and oxygen atoms in total. The van der Waals surface area contributed by atoms with E-state index in [4.69, 9.17) is 0 Å². The van der Waals surface area contributed by atoms with Crippen molar-refractivity contribution in [2.45, 2.75) is 56.8 Å². The van der Waals surface area contributed by atoms with Gasteiger partial charge in [-0.25, -0.2) is 9.97 Å². The van der Waals surface area contributed by atoms with Crippen LogP contribution in [-0.2, 0) is 4.79 Å². The maximum Gasteiger partial charge on any atom is 0.152 e. The third-order valence-electron chi connectivity index (χ3n) is 7.31. The molecule has 2 aromatic heterocycles. The molecule has 3 N–H and O–H groups in total. The van der Waals surface area contributed by atoms with E-state index < -0.39 is 11.7 Å². The monoisotopic (exact) mass is 481 g/mol. The molecule has 1 aliphatic heterocycles. The number of aliphatic hydroxyl groups excluding tert-OH is 1. The highest BCUT2D eigenvalue weighted by Gasteiger charge is 2.44. The number of carbonyl (C=O) groups is 1. The molecule has 1 aromatic carbocycles. The van der Waals surface area contributed by atoms with Crippen LogP contribution in [-0.4, -0.2) is 67.1 Å². The van der Waals surface area contributed by atoms with Gasteiger partial charge in [0.25, 0.3) is 0 Å². The van der Waals surface area contributed by atoms with Crippen LogP contribution in [0, 0.1) is 12.8 Å². The van der Waals surface area contributed by atoms with Crippen LogP contribution in [0.2, 0.25) is 0 Å². The second kappa shape index (κ2) is 9.65. The number of hydrogen-bond acceptors (Lipinski definition) is 9. The Balaban J connectivity index is 1.06. The summed E-state index contributed by atoms with van der Waals surface area (Å²) in [4.78, 5) is 28.4. The van der Waals surface area contributed by atoms with Crippen molar-refractivity contribution in [2.24, 2.45) is 5.92 Å². The Morgan fingerprint density at radius 3 is 2.82 bits per heavy atom. The molecule has 1 saturated heterocycles. The number of anilines is 1. The number of hydrogen-bond donors (Lipinski definition) is 3. The summed E-state index contributed by atoms with van der Waals surface area (Å²) in [6.45, 7) is 4.13. The summed E-state index contributed by atoms with van der Waals surface area (Å²) in [5.74, 6) is 1.27. The zero-order valence-electron chi connectivity index (χ0n) is 19.4. The summed E-state index contributed by atoms with van der Waals surface area (Å²) in [5, 5.41) is 25.7. The number of likely N-dealkylation sites (tertiary alicyclic amines) is 1. The van der Waals surface area contributed by atoms with E-state index in [2.05, 4.69) is 25.2 Å². The van der Waals surface area contributed by atoms with Crippen molar-refractivity contribution in [3.05, 3.63) is 46.7 Å². The first-order valence-electron chi connectivity index (χ1n) is 11.9. The number of carbonyl (C=O) groups excluding carboxylic acids is 1. The van der Waals surface area contributed by atoms with E-state index >= 15 is 0 Å². The van der Waals surface area contributed by atoms with Crippen LogP contribution in [0.15, 0.2) is 36.2 Å². The predicted molar refractivity (Wildman–Crippen MR) is 132 cm³/mol. The third-order valence-corrected chi connectivity index (χ3v) is 8.14. The molecule has 2 aliphatic rings. The maximum absolute atomic E-state index is 12.6. The number of aromatic nitrogens is 3. The Hall–Kier alpha value is -2.46. The quantitative estimate of drug-likeness (QED) is 0.450. The maximum atomic E-state index is 12.6. The van der Waals surface area contributed by atoms with Crippen molar-refractivity contribution >= 4 is 33.8 Å². The van der Waals surface area contributed by atoms with Crippen LogP contribution in [0.4, 0.5) is 5.82 Å². The van der Waals surface area contributed by atoms with Crippen molar-refractivity contribution in [1.82, 2.24) is 19.9 Å². The highest BCUT2D eigenvalue weighted by molar-refractivity contribution is 7.09. The van der Waals surface area contributed by atoms with Gasteiger partial charge in [-0.2, -0.15) is 0 Å². The number of aliphatic hydroxyl groups is 2. The van der Waals surface area contributed by atoms with Gasteiger partial charge in [-0.05, 0) is 50.7 Å². The third kappa shape index (κ3) is 4.84. The van der Waals surface area contributed by atoms with Gasteiger partial charge in [0.05, 0.1) is 28.1 Å². The minimum Gasteiger partial charge on any atom is -0.387 e. The molecule has 1 aliphatic carbocycles. The summed E-state index contributed by atoms with van der Waals surface area (Å²) in [7, 11) is 0. The topological polar surface area (TPSA) is 111 Å². The van der Waals surface area contributed by atoms with Crippen LogP contribution in [0.3, 0.4) is 0 Å². The molecule has 5 rings (SSSR count). The van der Waals surface area contributed by atoms with Gasteiger partial charge < -0.3 is 15.5 Å². The fourth-order valence-corrected chi connectivity index (χ4v) is 6.00. The zero-order chi connectivity index (χ0) is 23.7. The number of nitrogens with zero attached hydrogens (tertiary/aromatic N) is 4. The Labute approximate surface area is 203 Å². The number of fused-ring (bicyclic) bond motifs is 1. The predicted octanol–water partition coefficient (Wildman–Crippen LogP) is 3.10. The fourth-order valence-electron chi connectivity index (χ4n) is 5.29. The number of Topliss-reactive ketones (excluding diaryl/α,β-unsaturated/α-hetero) is 1. The van der Waals surface area contributed by atoms with Gasteiger partial charge in [0.2, 0.25) is 0 Å². The number of benzene rings is 1. The highest BCUT2D eigenvalue weighted by atomic mass is 32.1. The second-order valence-electron chi connectivity index (χ2n) is 9.80. The Bertz CT molecular complexity index is 1140. The molecule has 3 aromatic rings. The molecule has 9 heteroatoms. The number of rotatable bonds is 8. The van der Waals surface area contributed by atoms with E-state index in [1.54, 1.807) is 11.7 Å². The summed E-state index contributed by atoms with van der Waals surface area (Å²) >= 11 is 1.38. The van der Waals surface area contributed by atoms with Crippen molar-refractivity contribution in [3.8, 4) is 0 Å². The van der Waals surface area contributed by atoms with Crippen molar-refractivity contribution in [3.63, 3.8) is 0 Å². The van der Waals surface area contributed by atoms with E-state index in [0.29, 0.717) is 37.0 Å². The van der Waals surface area contributed by atoms with Gasteiger partial charge in [0, 0.05) is 37.1 Å². The van der Waals surface area contributed by atoms with E-state index in [1.165, 1.54) is 17.7 Å². The second-order valence-corrected chi connectivity index (χ2v) is 10.7. The van der Waals surface area contributed by atoms with Crippen LogP contribution < -0.4 is 5.32 Å². The number of nitrogens with one attached hydrogen (secondary N) is 1. The largest absolute Gasteiger partial charge is 0.387 e. The molecule has 0 spiro atoms. The fraction of sp³-hybridized carbons (Fsp3) is 0.520. The molecule has 2 fully saturated rings. The highest BCUT2D eigenvalue weighted by Crippen LogP contribution is 2.41. The Morgan fingerprint density at radius 1 is 1.29 bits per heavy atom. The van der Waals surface area contributed by atoms with Crippen LogP contribution in [0.5, 0.6) is 0 Å². The minimum atomic E-state index is -1.07. The summed E-state index contributed by atoms with van der Waals surface area (Å²) in [6, 6.07) is 6.43. The molecule has 1 saturated carbocycles. The van der Waals surface area contributed by atoms with E-state index in [1.807, 2.05) is 25.1 Å². The SMILES string of the molecule is Cc1ccc2ncnc(NCC(=O)CC3CN(C4CCC(O)(C(O)c5cncs5)CC4)C3)c2c1. The van der Waals surface area contributed by atoms with E-state index in [9.17, 15) is 15.0 Å². The Kier molecular flexibility index (Phi) is 6.61. The van der Waals surface area contributed by atoms with Crippen LogP contribution >= 0.6 is 11.3 Å². The number of ketones is 1. The van der Waals surface area contributed by atoms with Gasteiger partial charge in [0.15, 0.2) is 5.78 Å². The molecule has 0 amide bonds. The lowest BCUT2D eigenvalue weighted by atomic mass is 9.76. The van der Waals surface area contributed by atoms with Gasteiger partial charge in [-0.3, -0.25) is 14.7 Å².